The van der Waals surface area contributed by atoms with Crippen LogP contribution < -0.4 is 11.1 Å². The summed E-state index contributed by atoms with van der Waals surface area (Å²) in [6, 6.07) is 4.56. The molecule has 1 rings (SSSR count). The first kappa shape index (κ1) is 14.8. The minimum atomic E-state index is -0.551. The number of nitrogens with one attached hydrogen (secondary N) is 1. The number of amides is 1. The van der Waals surface area contributed by atoms with Crippen LogP contribution in [-0.2, 0) is 4.79 Å². The Bertz CT molecular complexity index is 423. The largest absolute Gasteiger partial charge is 0.506 e. The second-order valence-electron chi connectivity index (χ2n) is 4.31. The van der Waals surface area contributed by atoms with Crippen LogP contribution in [0.25, 0.3) is 0 Å². The van der Waals surface area contributed by atoms with Crippen LogP contribution in [0.4, 0.5) is 5.69 Å². The number of phenolic OH excluding ortho intramolecular Hbond substituents is 1. The molecule has 0 atom stereocenters. The molecule has 4 nitrogen and oxygen atoms in total. The van der Waals surface area contributed by atoms with Gasteiger partial charge in [-0.15, -0.1) is 0 Å². The SMILES string of the molecule is CCC(CC)(CN)C(=O)Nc1ccc(O)c(Cl)c1. The Morgan fingerprint density at radius 2 is 2.06 bits per heavy atom. The van der Waals surface area contributed by atoms with E-state index < -0.39 is 5.41 Å². The maximum Gasteiger partial charge on any atom is 0.231 e. The van der Waals surface area contributed by atoms with Gasteiger partial charge in [0.15, 0.2) is 0 Å². The number of benzene rings is 1. The zero-order chi connectivity index (χ0) is 13.8. The van der Waals surface area contributed by atoms with E-state index in [0.29, 0.717) is 25.1 Å². The van der Waals surface area contributed by atoms with Gasteiger partial charge in [0.2, 0.25) is 5.91 Å². The van der Waals surface area contributed by atoms with Crippen LogP contribution in [0.1, 0.15) is 26.7 Å². The van der Waals surface area contributed by atoms with Gasteiger partial charge in [-0.3, -0.25) is 4.79 Å². The number of aromatic hydroxyl groups is 1. The van der Waals surface area contributed by atoms with E-state index in [-0.39, 0.29) is 16.7 Å². The van der Waals surface area contributed by atoms with E-state index >= 15 is 0 Å². The normalized spacial score (nSPS) is 11.3. The van der Waals surface area contributed by atoms with Crippen molar-refractivity contribution >= 4 is 23.2 Å². The molecule has 0 aliphatic carbocycles. The molecule has 1 aromatic rings. The van der Waals surface area contributed by atoms with Gasteiger partial charge in [0.05, 0.1) is 10.4 Å². The molecule has 0 unspecified atom stereocenters. The van der Waals surface area contributed by atoms with Gasteiger partial charge in [0.25, 0.3) is 0 Å². The van der Waals surface area contributed by atoms with E-state index in [0.717, 1.165) is 0 Å². The smallest absolute Gasteiger partial charge is 0.231 e. The molecular formula is C13H19ClN2O2. The molecule has 0 saturated heterocycles. The Balaban J connectivity index is 2.89. The third-order valence-electron chi connectivity index (χ3n) is 3.43. The summed E-state index contributed by atoms with van der Waals surface area (Å²) in [5.41, 5.74) is 5.72. The topological polar surface area (TPSA) is 75.4 Å². The number of anilines is 1. The number of phenols is 1. The number of halogens is 1. The van der Waals surface area contributed by atoms with Crippen LogP contribution in [-0.4, -0.2) is 17.6 Å². The van der Waals surface area contributed by atoms with Gasteiger partial charge in [-0.1, -0.05) is 25.4 Å². The summed E-state index contributed by atoms with van der Waals surface area (Å²) in [7, 11) is 0. The number of hydrogen-bond donors (Lipinski definition) is 3. The molecule has 0 spiro atoms. The lowest BCUT2D eigenvalue weighted by atomic mass is 9.81. The van der Waals surface area contributed by atoms with Crippen molar-refractivity contribution in [2.24, 2.45) is 11.1 Å². The number of hydrogen-bond acceptors (Lipinski definition) is 3. The number of rotatable bonds is 5. The first-order chi connectivity index (χ1) is 8.49. The second kappa shape index (κ2) is 6.07. The van der Waals surface area contributed by atoms with Crippen LogP contribution in [0.15, 0.2) is 18.2 Å². The van der Waals surface area contributed by atoms with E-state index in [1.165, 1.54) is 12.1 Å². The predicted octanol–water partition coefficient (Wildman–Crippen LogP) is 2.75. The molecule has 100 valence electrons. The molecule has 0 saturated carbocycles. The molecule has 0 heterocycles. The van der Waals surface area contributed by atoms with Crippen molar-refractivity contribution in [2.75, 3.05) is 11.9 Å². The average Bonchev–Trinajstić information content (AvgIpc) is 2.37. The number of carbonyl (C=O) groups is 1. The van der Waals surface area contributed by atoms with E-state index in [2.05, 4.69) is 5.32 Å². The monoisotopic (exact) mass is 270 g/mol. The Kier molecular flexibility index (Phi) is 4.99. The van der Waals surface area contributed by atoms with Gasteiger partial charge in [-0.25, -0.2) is 0 Å². The Labute approximate surface area is 112 Å². The second-order valence-corrected chi connectivity index (χ2v) is 4.72. The zero-order valence-electron chi connectivity index (χ0n) is 10.7. The Hall–Kier alpha value is -1.26. The van der Waals surface area contributed by atoms with E-state index in [9.17, 15) is 9.90 Å². The van der Waals surface area contributed by atoms with Gasteiger partial charge in [0.1, 0.15) is 5.75 Å². The van der Waals surface area contributed by atoms with Crippen molar-refractivity contribution in [3.63, 3.8) is 0 Å². The fraction of sp³-hybridized carbons (Fsp3) is 0.462. The number of carbonyl (C=O) groups excluding carboxylic acids is 1. The summed E-state index contributed by atoms with van der Waals surface area (Å²) in [5, 5.41) is 12.3. The maximum atomic E-state index is 12.2. The fourth-order valence-electron chi connectivity index (χ4n) is 1.80. The van der Waals surface area contributed by atoms with Gasteiger partial charge >= 0.3 is 0 Å². The lowest BCUT2D eigenvalue weighted by Crippen LogP contribution is -2.41. The number of nitrogens with two attached hydrogens (primary N) is 1. The van der Waals surface area contributed by atoms with Gasteiger partial charge in [-0.2, -0.15) is 0 Å². The predicted molar refractivity (Wildman–Crippen MR) is 73.8 cm³/mol. The first-order valence-corrected chi connectivity index (χ1v) is 6.37. The van der Waals surface area contributed by atoms with E-state index in [1.54, 1.807) is 6.07 Å². The van der Waals surface area contributed by atoms with Crippen molar-refractivity contribution in [3.05, 3.63) is 23.2 Å². The molecule has 1 amide bonds. The molecule has 0 aliphatic rings. The third kappa shape index (κ3) is 2.94. The van der Waals surface area contributed by atoms with Crippen molar-refractivity contribution in [1.29, 1.82) is 0 Å². The van der Waals surface area contributed by atoms with Gasteiger partial charge < -0.3 is 16.2 Å². The van der Waals surface area contributed by atoms with Crippen LogP contribution in [0.5, 0.6) is 5.75 Å². The molecule has 0 aliphatic heterocycles. The molecule has 18 heavy (non-hydrogen) atoms. The summed E-state index contributed by atoms with van der Waals surface area (Å²) >= 11 is 5.79. The summed E-state index contributed by atoms with van der Waals surface area (Å²) in [6.07, 6.45) is 1.36. The van der Waals surface area contributed by atoms with Crippen LogP contribution in [0, 0.1) is 5.41 Å². The minimum absolute atomic E-state index is 0.00858. The molecule has 0 aromatic heterocycles. The minimum Gasteiger partial charge on any atom is -0.506 e. The Morgan fingerprint density at radius 3 is 2.50 bits per heavy atom. The highest BCUT2D eigenvalue weighted by Gasteiger charge is 2.33. The first-order valence-electron chi connectivity index (χ1n) is 5.99. The molecule has 5 heteroatoms. The molecule has 1 aromatic carbocycles. The van der Waals surface area contributed by atoms with Crippen molar-refractivity contribution in [2.45, 2.75) is 26.7 Å². The van der Waals surface area contributed by atoms with Crippen molar-refractivity contribution in [3.8, 4) is 5.75 Å². The maximum absolute atomic E-state index is 12.2. The third-order valence-corrected chi connectivity index (χ3v) is 3.73. The molecule has 0 fully saturated rings. The van der Waals surface area contributed by atoms with Crippen molar-refractivity contribution in [1.82, 2.24) is 0 Å². The van der Waals surface area contributed by atoms with Crippen LogP contribution in [0.3, 0.4) is 0 Å². The quantitative estimate of drug-likeness (QED) is 0.720. The van der Waals surface area contributed by atoms with Gasteiger partial charge in [-0.05, 0) is 31.0 Å². The Morgan fingerprint density at radius 1 is 1.44 bits per heavy atom. The summed E-state index contributed by atoms with van der Waals surface area (Å²) in [5.74, 6) is -0.123. The van der Waals surface area contributed by atoms with Crippen LogP contribution in [0.2, 0.25) is 5.02 Å². The fourth-order valence-corrected chi connectivity index (χ4v) is 1.98. The molecule has 4 N–H and O–H groups in total. The van der Waals surface area contributed by atoms with Crippen molar-refractivity contribution < 1.29 is 9.90 Å². The lowest BCUT2D eigenvalue weighted by molar-refractivity contribution is -0.125. The highest BCUT2D eigenvalue weighted by molar-refractivity contribution is 6.32. The lowest BCUT2D eigenvalue weighted by Gasteiger charge is -2.28. The summed E-state index contributed by atoms with van der Waals surface area (Å²) < 4.78 is 0. The van der Waals surface area contributed by atoms with E-state index in [1.807, 2.05) is 13.8 Å². The highest BCUT2D eigenvalue weighted by atomic mass is 35.5. The highest BCUT2D eigenvalue weighted by Crippen LogP contribution is 2.29. The van der Waals surface area contributed by atoms with Gasteiger partial charge in [0, 0.05) is 12.2 Å². The molecule has 0 radical (unpaired) electrons. The molecular weight excluding hydrogens is 252 g/mol. The zero-order valence-corrected chi connectivity index (χ0v) is 11.4. The summed E-state index contributed by atoms with van der Waals surface area (Å²) in [4.78, 5) is 12.2. The van der Waals surface area contributed by atoms with Crippen LogP contribution >= 0.6 is 11.6 Å². The average molecular weight is 271 g/mol. The summed E-state index contributed by atoms with van der Waals surface area (Å²) in [6.45, 7) is 4.19. The molecule has 0 bridgehead atoms. The van der Waals surface area contributed by atoms with E-state index in [4.69, 9.17) is 17.3 Å². The standard InChI is InChI=1S/C13H19ClN2O2/c1-3-13(4-2,8-15)12(18)16-9-5-6-11(17)10(14)7-9/h5-7,17H,3-4,8,15H2,1-2H3,(H,16,18).